The van der Waals surface area contributed by atoms with Crippen LogP contribution in [0.1, 0.15) is 36.8 Å². The highest BCUT2D eigenvalue weighted by Crippen LogP contribution is 2.46. The first-order chi connectivity index (χ1) is 11.7. The van der Waals surface area contributed by atoms with Crippen molar-refractivity contribution in [1.82, 2.24) is 4.90 Å². The molecule has 1 saturated heterocycles. The maximum Gasteiger partial charge on any atom is 0.306 e. The van der Waals surface area contributed by atoms with Crippen molar-refractivity contribution >= 4 is 5.97 Å². The molecule has 1 aliphatic rings. The molecule has 0 radical (unpaired) electrons. The molecule has 0 aromatic heterocycles. The van der Waals surface area contributed by atoms with Gasteiger partial charge in [-0.05, 0) is 18.2 Å². The molecule has 3 nitrogen and oxygen atoms in total. The van der Waals surface area contributed by atoms with E-state index in [4.69, 9.17) is 4.74 Å². The predicted molar refractivity (Wildman–Crippen MR) is 95.8 cm³/mol. The molecular formula is C21H25NO2. The number of benzene rings is 2. The van der Waals surface area contributed by atoms with Gasteiger partial charge in [-0.2, -0.15) is 0 Å². The van der Waals surface area contributed by atoms with E-state index in [9.17, 15) is 4.79 Å². The van der Waals surface area contributed by atoms with Crippen LogP contribution >= 0.6 is 0 Å². The summed E-state index contributed by atoms with van der Waals surface area (Å²) in [6.45, 7) is 3.64. The number of piperidine rings is 1. The van der Waals surface area contributed by atoms with Gasteiger partial charge in [0.05, 0.1) is 0 Å². The van der Waals surface area contributed by atoms with E-state index < -0.39 is 5.60 Å². The van der Waals surface area contributed by atoms with Crippen molar-refractivity contribution in [2.45, 2.75) is 31.3 Å². The van der Waals surface area contributed by atoms with E-state index in [2.05, 4.69) is 48.3 Å². The summed E-state index contributed by atoms with van der Waals surface area (Å²) in [4.78, 5) is 14.6. The van der Waals surface area contributed by atoms with Gasteiger partial charge in [0.15, 0.2) is 0 Å². The van der Waals surface area contributed by atoms with Crippen LogP contribution in [0.3, 0.4) is 0 Å². The molecule has 0 N–H and O–H groups in total. The average molecular weight is 323 g/mol. The van der Waals surface area contributed by atoms with Crippen LogP contribution in [0.4, 0.5) is 0 Å². The van der Waals surface area contributed by atoms with Crippen LogP contribution in [0.15, 0.2) is 60.7 Å². The maximum atomic E-state index is 12.3. The molecule has 2 aromatic carbocycles. The predicted octanol–water partition coefficient (Wildman–Crippen LogP) is 3.95. The lowest BCUT2D eigenvalue weighted by molar-refractivity contribution is -0.169. The fourth-order valence-electron chi connectivity index (χ4n) is 3.66. The van der Waals surface area contributed by atoms with E-state index in [-0.39, 0.29) is 11.9 Å². The first kappa shape index (κ1) is 16.7. The first-order valence-electron chi connectivity index (χ1n) is 8.66. The Balaban J connectivity index is 2.11. The molecule has 0 aliphatic carbocycles. The quantitative estimate of drug-likeness (QED) is 0.798. The molecule has 24 heavy (non-hydrogen) atoms. The van der Waals surface area contributed by atoms with Crippen LogP contribution in [0, 0.1) is 0 Å². The second kappa shape index (κ2) is 7.18. The van der Waals surface area contributed by atoms with Crippen LogP contribution < -0.4 is 0 Å². The summed E-state index contributed by atoms with van der Waals surface area (Å²) < 4.78 is 6.16. The van der Waals surface area contributed by atoms with Gasteiger partial charge < -0.3 is 9.64 Å². The van der Waals surface area contributed by atoms with Gasteiger partial charge in [-0.1, -0.05) is 67.6 Å². The van der Waals surface area contributed by atoms with Crippen molar-refractivity contribution in [3.8, 4) is 0 Å². The van der Waals surface area contributed by atoms with Crippen LogP contribution in [0.2, 0.25) is 0 Å². The number of rotatable bonds is 4. The van der Waals surface area contributed by atoms with E-state index in [0.717, 1.165) is 25.1 Å². The van der Waals surface area contributed by atoms with E-state index in [1.807, 2.05) is 31.2 Å². The number of esters is 1. The van der Waals surface area contributed by atoms with Gasteiger partial charge in [-0.3, -0.25) is 4.79 Å². The second-order valence-electron chi connectivity index (χ2n) is 6.56. The molecule has 0 bridgehead atoms. The molecule has 0 amide bonds. The normalized spacial score (nSPS) is 24.5. The number of nitrogens with zero attached hydrogens (tertiary/aromatic N) is 1. The monoisotopic (exact) mass is 323 g/mol. The summed E-state index contributed by atoms with van der Waals surface area (Å²) in [5.41, 5.74) is 1.72. The summed E-state index contributed by atoms with van der Waals surface area (Å²) >= 11 is 0. The molecule has 1 aliphatic heterocycles. The minimum absolute atomic E-state index is 0.121. The zero-order valence-corrected chi connectivity index (χ0v) is 14.4. The van der Waals surface area contributed by atoms with Crippen LogP contribution in [-0.2, 0) is 15.1 Å². The molecule has 1 fully saturated rings. The molecule has 2 atom stereocenters. The minimum Gasteiger partial charge on any atom is -0.453 e. The Bertz CT molecular complexity index is 671. The highest BCUT2D eigenvalue weighted by atomic mass is 16.6. The number of hydrogen-bond acceptors (Lipinski definition) is 3. The Morgan fingerprint density at radius 3 is 2.38 bits per heavy atom. The third-order valence-electron chi connectivity index (χ3n) is 4.97. The summed E-state index contributed by atoms with van der Waals surface area (Å²) in [5, 5.41) is 0. The van der Waals surface area contributed by atoms with Crippen molar-refractivity contribution in [2.24, 2.45) is 0 Å². The van der Waals surface area contributed by atoms with E-state index in [1.165, 1.54) is 5.56 Å². The number of hydrogen-bond donors (Lipinski definition) is 0. The Labute approximate surface area is 144 Å². The third-order valence-corrected chi connectivity index (χ3v) is 4.97. The highest BCUT2D eigenvalue weighted by molar-refractivity contribution is 5.70. The smallest absolute Gasteiger partial charge is 0.306 e. The fraction of sp³-hybridized carbons (Fsp3) is 0.381. The van der Waals surface area contributed by atoms with Crippen molar-refractivity contribution in [3.05, 3.63) is 71.8 Å². The second-order valence-corrected chi connectivity index (χ2v) is 6.56. The summed E-state index contributed by atoms with van der Waals surface area (Å²) in [5.74, 6) is -0.0142. The molecule has 126 valence electrons. The lowest BCUT2D eigenvalue weighted by atomic mass is 9.72. The number of likely N-dealkylation sites (tertiary alicyclic amines) is 1. The van der Waals surface area contributed by atoms with Crippen molar-refractivity contribution in [1.29, 1.82) is 0 Å². The number of carbonyl (C=O) groups is 1. The number of ether oxygens (including phenoxy) is 1. The minimum atomic E-state index is -0.595. The Morgan fingerprint density at radius 1 is 1.12 bits per heavy atom. The van der Waals surface area contributed by atoms with Crippen LogP contribution in [-0.4, -0.2) is 31.0 Å². The fourth-order valence-corrected chi connectivity index (χ4v) is 3.66. The van der Waals surface area contributed by atoms with Crippen molar-refractivity contribution in [3.63, 3.8) is 0 Å². The first-order valence-corrected chi connectivity index (χ1v) is 8.66. The largest absolute Gasteiger partial charge is 0.453 e. The van der Waals surface area contributed by atoms with Crippen LogP contribution in [0.25, 0.3) is 0 Å². The Hall–Kier alpha value is -2.13. The summed E-state index contributed by atoms with van der Waals surface area (Å²) in [6.07, 6.45) is 1.20. The molecule has 0 spiro atoms. The molecule has 0 saturated carbocycles. The lowest BCUT2D eigenvalue weighted by Crippen LogP contribution is -2.49. The van der Waals surface area contributed by atoms with Crippen molar-refractivity contribution < 1.29 is 9.53 Å². The van der Waals surface area contributed by atoms with Gasteiger partial charge >= 0.3 is 5.97 Å². The topological polar surface area (TPSA) is 29.5 Å². The van der Waals surface area contributed by atoms with Gasteiger partial charge in [0.25, 0.3) is 0 Å². The lowest BCUT2D eigenvalue weighted by Gasteiger charge is -2.47. The van der Waals surface area contributed by atoms with Gasteiger partial charge in [-0.15, -0.1) is 0 Å². The molecule has 1 heterocycles. The molecule has 3 rings (SSSR count). The van der Waals surface area contributed by atoms with Crippen LogP contribution in [0.5, 0.6) is 0 Å². The summed E-state index contributed by atoms with van der Waals surface area (Å²) in [6, 6.07) is 20.7. The summed E-state index contributed by atoms with van der Waals surface area (Å²) in [7, 11) is 2.13. The molecule has 0 unspecified atom stereocenters. The average Bonchev–Trinajstić information content (AvgIpc) is 2.64. The van der Waals surface area contributed by atoms with Gasteiger partial charge in [0.1, 0.15) is 5.60 Å². The van der Waals surface area contributed by atoms with E-state index in [0.29, 0.717) is 6.42 Å². The number of carbonyl (C=O) groups excluding carboxylic acids is 1. The Morgan fingerprint density at radius 2 is 1.75 bits per heavy atom. The zero-order chi connectivity index (χ0) is 17.0. The molecule has 3 heteroatoms. The van der Waals surface area contributed by atoms with Crippen molar-refractivity contribution in [2.75, 3.05) is 20.1 Å². The third kappa shape index (κ3) is 3.22. The van der Waals surface area contributed by atoms with E-state index in [1.54, 1.807) is 0 Å². The zero-order valence-electron chi connectivity index (χ0n) is 14.4. The number of likely N-dealkylation sites (N-methyl/N-ethyl adjacent to an activating group) is 1. The molecular weight excluding hydrogens is 298 g/mol. The maximum absolute atomic E-state index is 12.3. The van der Waals surface area contributed by atoms with Gasteiger partial charge in [0.2, 0.25) is 0 Å². The van der Waals surface area contributed by atoms with Gasteiger partial charge in [-0.25, -0.2) is 0 Å². The SMILES string of the molecule is CCC(=O)O[C@@]1(c2ccccc2)CCN(C)C[C@H]1c1ccccc1. The standard InChI is InChI=1S/C21H25NO2/c1-3-20(23)24-21(18-12-8-5-9-13-18)14-15-22(2)16-19(21)17-10-6-4-7-11-17/h4-13,19H,3,14-16H2,1-2H3/t19-,21+/m0/s1. The Kier molecular flexibility index (Phi) is 5.00. The highest BCUT2D eigenvalue weighted by Gasteiger charge is 2.47. The van der Waals surface area contributed by atoms with E-state index >= 15 is 0 Å². The van der Waals surface area contributed by atoms with Gasteiger partial charge in [0, 0.05) is 31.8 Å². The molecule has 2 aromatic rings.